The molecule has 132 valence electrons. The Morgan fingerprint density at radius 1 is 1.17 bits per heavy atom. The molecule has 9 heteroatoms. The first-order chi connectivity index (χ1) is 11.2. The van der Waals surface area contributed by atoms with Gasteiger partial charge < -0.3 is 15.4 Å². The molecule has 1 aromatic carbocycles. The lowest BCUT2D eigenvalue weighted by Gasteiger charge is -2.11. The topological polar surface area (TPSA) is 96.5 Å². The van der Waals surface area contributed by atoms with E-state index in [-0.39, 0.29) is 11.6 Å². The van der Waals surface area contributed by atoms with E-state index in [0.29, 0.717) is 12.6 Å². The van der Waals surface area contributed by atoms with Gasteiger partial charge in [0.2, 0.25) is 5.91 Å². The smallest absolute Gasteiger partial charge is 0.340 e. The molecular weight excluding hydrogens is 324 g/mol. The van der Waals surface area contributed by atoms with E-state index in [4.69, 9.17) is 0 Å². The maximum atomic E-state index is 13.7. The molecule has 0 atom stereocenters. The van der Waals surface area contributed by atoms with Crippen molar-refractivity contribution in [3.05, 3.63) is 29.3 Å². The maximum Gasteiger partial charge on any atom is 0.340 e. The second-order valence-corrected chi connectivity index (χ2v) is 5.31. The van der Waals surface area contributed by atoms with Gasteiger partial charge in [-0.05, 0) is 12.0 Å². The number of halogens is 2. The number of hydrogen-bond acceptors (Lipinski definition) is 5. The molecule has 0 fully saturated rings. The molecule has 0 heterocycles. The molecule has 3 N–H and O–H groups in total. The number of benzene rings is 1. The average Bonchev–Trinajstić information content (AvgIpc) is 2.51. The van der Waals surface area contributed by atoms with Crippen LogP contribution < -0.4 is 16.0 Å². The second-order valence-electron chi connectivity index (χ2n) is 5.31. The highest BCUT2D eigenvalue weighted by molar-refractivity contribution is 5.96. The number of ether oxygens (including phenoxy) is 1. The Morgan fingerprint density at radius 3 is 2.42 bits per heavy atom. The van der Waals surface area contributed by atoms with Crippen LogP contribution >= 0.6 is 0 Å². The van der Waals surface area contributed by atoms with E-state index in [1.165, 1.54) is 0 Å². The summed E-state index contributed by atoms with van der Waals surface area (Å²) in [6.45, 7) is 3.72. The third-order valence-corrected chi connectivity index (χ3v) is 2.83. The highest BCUT2D eigenvalue weighted by Crippen LogP contribution is 2.20. The van der Waals surface area contributed by atoms with Crippen LogP contribution in [0.15, 0.2) is 12.1 Å². The molecule has 1 rings (SSSR count). The minimum Gasteiger partial charge on any atom is -0.465 e. The fraction of sp³-hybridized carbons (Fsp3) is 0.400. The predicted octanol–water partition coefficient (Wildman–Crippen LogP) is 1.65. The van der Waals surface area contributed by atoms with Crippen molar-refractivity contribution in [2.75, 3.05) is 25.5 Å². The van der Waals surface area contributed by atoms with Gasteiger partial charge in [0.05, 0.1) is 24.9 Å². The van der Waals surface area contributed by atoms with E-state index in [0.717, 1.165) is 13.2 Å². The number of carbonyl (C=O) groups is 3. The van der Waals surface area contributed by atoms with Crippen LogP contribution in [0.5, 0.6) is 0 Å². The van der Waals surface area contributed by atoms with Crippen LogP contribution in [-0.2, 0) is 9.53 Å². The summed E-state index contributed by atoms with van der Waals surface area (Å²) < 4.78 is 31.5. The first-order valence-electron chi connectivity index (χ1n) is 7.13. The van der Waals surface area contributed by atoms with Gasteiger partial charge in [-0.15, -0.1) is 0 Å². The van der Waals surface area contributed by atoms with Crippen molar-refractivity contribution in [3.8, 4) is 0 Å². The highest BCUT2D eigenvalue weighted by atomic mass is 19.1. The minimum atomic E-state index is -1.08. The number of carbonyl (C=O) groups excluding carboxylic acids is 3. The summed E-state index contributed by atoms with van der Waals surface area (Å²) in [4.78, 5) is 34.4. The number of anilines is 1. The molecule has 0 saturated heterocycles. The van der Waals surface area contributed by atoms with Gasteiger partial charge in [-0.1, -0.05) is 13.8 Å². The summed E-state index contributed by atoms with van der Waals surface area (Å²) in [5, 5.41) is 6.91. The lowest BCUT2D eigenvalue weighted by Crippen LogP contribution is -2.43. The van der Waals surface area contributed by atoms with Crippen LogP contribution in [0.3, 0.4) is 0 Å². The maximum absolute atomic E-state index is 13.7. The molecule has 0 aliphatic heterocycles. The number of amides is 3. The molecule has 0 radical (unpaired) electrons. The van der Waals surface area contributed by atoms with Crippen LogP contribution in [0, 0.1) is 17.6 Å². The number of rotatable bonds is 6. The normalized spacial score (nSPS) is 10.2. The Morgan fingerprint density at radius 2 is 1.83 bits per heavy atom. The number of esters is 1. The van der Waals surface area contributed by atoms with Crippen molar-refractivity contribution in [1.29, 1.82) is 0 Å². The molecule has 24 heavy (non-hydrogen) atoms. The van der Waals surface area contributed by atoms with Gasteiger partial charge in [0.15, 0.2) is 0 Å². The van der Waals surface area contributed by atoms with Crippen LogP contribution in [-0.4, -0.2) is 38.1 Å². The molecule has 0 aliphatic carbocycles. The quantitative estimate of drug-likeness (QED) is 0.683. The Bertz CT molecular complexity index is 635. The summed E-state index contributed by atoms with van der Waals surface area (Å²) in [7, 11) is 1.06. The first kappa shape index (κ1) is 19.3. The summed E-state index contributed by atoms with van der Waals surface area (Å²) in [5.74, 6) is -3.55. The SMILES string of the molecule is COC(=O)c1cc(NCC(=O)NC(=O)NCC(C)C)c(F)cc1F. The number of imide groups is 1. The van der Waals surface area contributed by atoms with Crippen LogP contribution in [0.25, 0.3) is 0 Å². The molecule has 0 aromatic heterocycles. The minimum absolute atomic E-state index is 0.217. The lowest BCUT2D eigenvalue weighted by molar-refractivity contribution is -0.118. The predicted molar refractivity (Wildman–Crippen MR) is 82.6 cm³/mol. The number of methoxy groups -OCH3 is 1. The zero-order valence-corrected chi connectivity index (χ0v) is 13.5. The third-order valence-electron chi connectivity index (χ3n) is 2.83. The van der Waals surface area contributed by atoms with Crippen molar-refractivity contribution in [2.45, 2.75) is 13.8 Å². The van der Waals surface area contributed by atoms with Gasteiger partial charge in [-0.25, -0.2) is 18.4 Å². The molecule has 1 aromatic rings. The molecule has 0 unspecified atom stereocenters. The van der Waals surface area contributed by atoms with Crippen molar-refractivity contribution in [3.63, 3.8) is 0 Å². The first-order valence-corrected chi connectivity index (χ1v) is 7.13. The molecule has 3 amide bonds. The molecule has 0 spiro atoms. The highest BCUT2D eigenvalue weighted by Gasteiger charge is 2.17. The third kappa shape index (κ3) is 5.82. The number of urea groups is 1. The summed E-state index contributed by atoms with van der Waals surface area (Å²) in [6, 6.07) is 0.718. The fourth-order valence-corrected chi connectivity index (χ4v) is 1.64. The van der Waals surface area contributed by atoms with E-state index in [9.17, 15) is 23.2 Å². The summed E-state index contributed by atoms with van der Waals surface area (Å²) >= 11 is 0. The van der Waals surface area contributed by atoms with Crippen LogP contribution in [0.4, 0.5) is 19.3 Å². The van der Waals surface area contributed by atoms with Gasteiger partial charge >= 0.3 is 12.0 Å². The van der Waals surface area contributed by atoms with E-state index in [1.54, 1.807) is 0 Å². The van der Waals surface area contributed by atoms with Gasteiger partial charge in [0.1, 0.15) is 11.6 Å². The Balaban J connectivity index is 2.65. The zero-order chi connectivity index (χ0) is 18.3. The van der Waals surface area contributed by atoms with Gasteiger partial charge in [0.25, 0.3) is 0 Å². The van der Waals surface area contributed by atoms with Crippen LogP contribution in [0.2, 0.25) is 0 Å². The van der Waals surface area contributed by atoms with Crippen molar-refractivity contribution < 1.29 is 27.9 Å². The molecule has 0 aliphatic rings. The monoisotopic (exact) mass is 343 g/mol. The number of hydrogen-bond donors (Lipinski definition) is 3. The van der Waals surface area contributed by atoms with Gasteiger partial charge in [0, 0.05) is 12.6 Å². The largest absolute Gasteiger partial charge is 0.465 e. The lowest BCUT2D eigenvalue weighted by atomic mass is 10.1. The Labute approximate surface area is 137 Å². The van der Waals surface area contributed by atoms with Crippen molar-refractivity contribution in [1.82, 2.24) is 10.6 Å². The van der Waals surface area contributed by atoms with Crippen molar-refractivity contribution in [2.24, 2.45) is 5.92 Å². The molecular formula is C15H19F2N3O4. The van der Waals surface area contributed by atoms with E-state index >= 15 is 0 Å². The zero-order valence-electron chi connectivity index (χ0n) is 13.5. The fourth-order valence-electron chi connectivity index (χ4n) is 1.64. The van der Waals surface area contributed by atoms with E-state index in [2.05, 4.69) is 15.4 Å². The van der Waals surface area contributed by atoms with E-state index in [1.807, 2.05) is 19.2 Å². The van der Waals surface area contributed by atoms with E-state index < -0.39 is 41.7 Å². The molecule has 0 bridgehead atoms. The standard InChI is InChI=1S/C15H19F2N3O4/c1-8(2)6-19-15(23)20-13(21)7-18-12-4-9(14(22)24-3)10(16)5-11(12)17/h4-5,8,18H,6-7H2,1-3H3,(H2,19,20,21,23). The summed E-state index contributed by atoms with van der Waals surface area (Å²) in [6.07, 6.45) is 0. The Kier molecular flexibility index (Phi) is 7.09. The molecule has 7 nitrogen and oxygen atoms in total. The van der Waals surface area contributed by atoms with Crippen molar-refractivity contribution >= 4 is 23.6 Å². The van der Waals surface area contributed by atoms with Gasteiger partial charge in [-0.3, -0.25) is 10.1 Å². The average molecular weight is 343 g/mol. The Hall–Kier alpha value is -2.71. The van der Waals surface area contributed by atoms with Gasteiger partial charge in [-0.2, -0.15) is 0 Å². The second kappa shape index (κ2) is 8.80. The summed E-state index contributed by atoms with van der Waals surface area (Å²) in [5.41, 5.74) is -0.744. The number of nitrogens with one attached hydrogen (secondary N) is 3. The molecule has 0 saturated carbocycles. The van der Waals surface area contributed by atoms with Crippen LogP contribution in [0.1, 0.15) is 24.2 Å².